The van der Waals surface area contributed by atoms with E-state index in [1.807, 2.05) is 21.1 Å². The van der Waals surface area contributed by atoms with E-state index in [2.05, 4.69) is 281 Å². The van der Waals surface area contributed by atoms with Gasteiger partial charge in [0.1, 0.15) is 13.2 Å². The van der Waals surface area contributed by atoms with Crippen molar-refractivity contribution in [2.75, 3.05) is 47.5 Å². The Labute approximate surface area is 604 Å². The average molecular weight is 1360 g/mol. The third-order valence-corrected chi connectivity index (χ3v) is 14.5. The SMILES string of the molecule is CC/C=C\C/C=C\C/C=C\C/C=C\C/C=C\C/C=C\C/C=C\C/C=C\C/C=C\C/C=C\C/C=C\C/C=C\CCCCCCC(=O)OC(COC(=O)CCCC/C=C\C/C=C\C/C=C\C/C=C\C/C=C\C/C=C\C/C=C\C/C=C\C/C=C\C/C=C\CC)COC(OCC[N+](C)(C)C)C(=O)[O-]. The summed E-state index contributed by atoms with van der Waals surface area (Å²) in [4.78, 5) is 37.5. The lowest BCUT2D eigenvalue weighted by Crippen LogP contribution is -2.44. The lowest BCUT2D eigenvalue weighted by molar-refractivity contribution is -0.870. The first-order valence-corrected chi connectivity index (χ1v) is 37.5. The van der Waals surface area contributed by atoms with Crippen molar-refractivity contribution in [1.82, 2.24) is 0 Å². The maximum absolute atomic E-state index is 12.9. The van der Waals surface area contributed by atoms with Gasteiger partial charge in [-0.2, -0.15) is 0 Å². The quantitative estimate of drug-likeness (QED) is 0.0195. The van der Waals surface area contributed by atoms with E-state index in [1.54, 1.807) is 0 Å². The molecule has 2 unspecified atom stereocenters. The Morgan fingerprint density at radius 1 is 0.303 bits per heavy atom. The summed E-state index contributed by atoms with van der Waals surface area (Å²) in [5.41, 5.74) is 0. The van der Waals surface area contributed by atoms with Gasteiger partial charge in [0.05, 0.1) is 40.3 Å². The summed E-state index contributed by atoms with van der Waals surface area (Å²) in [5, 5.41) is 11.8. The molecular weight excluding hydrogens is 1220 g/mol. The molecule has 0 aliphatic rings. The van der Waals surface area contributed by atoms with Crippen LogP contribution in [0, 0.1) is 0 Å². The number of ether oxygens (including phenoxy) is 4. The second kappa shape index (κ2) is 76.3. The van der Waals surface area contributed by atoms with Gasteiger partial charge in [0.15, 0.2) is 12.4 Å². The zero-order chi connectivity index (χ0) is 71.8. The molecule has 0 heterocycles. The van der Waals surface area contributed by atoms with Gasteiger partial charge in [0.2, 0.25) is 0 Å². The van der Waals surface area contributed by atoms with Gasteiger partial charge in [-0.15, -0.1) is 0 Å². The maximum atomic E-state index is 12.9. The number of allylic oxidation sites excluding steroid dienone is 44. The highest BCUT2D eigenvalue weighted by Crippen LogP contribution is 2.12. The molecule has 0 fully saturated rings. The van der Waals surface area contributed by atoms with Crippen molar-refractivity contribution >= 4 is 17.9 Å². The number of hydrogen-bond acceptors (Lipinski definition) is 8. The number of rotatable bonds is 65. The third-order valence-electron chi connectivity index (χ3n) is 14.5. The summed E-state index contributed by atoms with van der Waals surface area (Å²) in [6.45, 7) is 4.39. The van der Waals surface area contributed by atoms with Gasteiger partial charge in [-0.25, -0.2) is 0 Å². The summed E-state index contributed by atoms with van der Waals surface area (Å²) < 4.78 is 22.7. The Morgan fingerprint density at radius 3 is 0.818 bits per heavy atom. The van der Waals surface area contributed by atoms with Gasteiger partial charge in [-0.3, -0.25) is 9.59 Å². The number of carboxylic acid groups (broad SMARTS) is 1. The van der Waals surface area contributed by atoms with E-state index in [4.69, 9.17) is 18.9 Å². The van der Waals surface area contributed by atoms with Crippen molar-refractivity contribution in [1.29, 1.82) is 0 Å². The second-order valence-electron chi connectivity index (χ2n) is 24.8. The molecule has 9 heteroatoms. The lowest BCUT2D eigenvalue weighted by atomic mass is 10.1. The molecular formula is C90H133NO8. The molecule has 0 bridgehead atoms. The van der Waals surface area contributed by atoms with Crippen LogP contribution in [0.2, 0.25) is 0 Å². The van der Waals surface area contributed by atoms with Gasteiger partial charge < -0.3 is 33.3 Å². The fraction of sp³-hybridized carbons (Fsp3) is 0.478. The van der Waals surface area contributed by atoms with Gasteiger partial charge in [0, 0.05) is 12.8 Å². The van der Waals surface area contributed by atoms with Crippen LogP contribution in [0.4, 0.5) is 0 Å². The van der Waals surface area contributed by atoms with E-state index in [0.29, 0.717) is 23.9 Å². The first-order valence-electron chi connectivity index (χ1n) is 37.5. The molecule has 0 aromatic rings. The van der Waals surface area contributed by atoms with Crippen molar-refractivity contribution in [3.63, 3.8) is 0 Å². The molecule has 9 nitrogen and oxygen atoms in total. The zero-order valence-electron chi connectivity index (χ0n) is 62.2. The molecule has 0 aromatic heterocycles. The molecule has 0 aromatic carbocycles. The molecule has 0 aliphatic heterocycles. The van der Waals surface area contributed by atoms with Crippen LogP contribution < -0.4 is 5.11 Å². The number of aliphatic carboxylic acids is 1. The smallest absolute Gasteiger partial charge is 0.306 e. The maximum Gasteiger partial charge on any atom is 0.306 e. The number of carbonyl (C=O) groups excluding carboxylic acids is 3. The molecule has 0 spiro atoms. The molecule has 0 N–H and O–H groups in total. The van der Waals surface area contributed by atoms with E-state index in [9.17, 15) is 19.5 Å². The summed E-state index contributed by atoms with van der Waals surface area (Å²) in [6.07, 6.45) is 123. The number of hydrogen-bond donors (Lipinski definition) is 0. The Bertz CT molecular complexity index is 2640. The number of nitrogens with zero attached hydrogens (tertiary/aromatic N) is 1. The lowest BCUT2D eigenvalue weighted by Gasteiger charge is -2.26. The third kappa shape index (κ3) is 77.8. The Hall–Kier alpha value is -7.43. The Balaban J connectivity index is 4.34. The summed E-state index contributed by atoms with van der Waals surface area (Å²) in [5.74, 6) is -2.41. The van der Waals surface area contributed by atoms with Gasteiger partial charge in [-0.05, 0) is 180 Å². The largest absolute Gasteiger partial charge is 0.545 e. The van der Waals surface area contributed by atoms with E-state index >= 15 is 0 Å². The van der Waals surface area contributed by atoms with Crippen LogP contribution in [0.5, 0.6) is 0 Å². The average Bonchev–Trinajstić information content (AvgIpc) is 2.62. The summed E-state index contributed by atoms with van der Waals surface area (Å²) >= 11 is 0. The predicted octanol–water partition coefficient (Wildman–Crippen LogP) is 23.0. The number of unbranched alkanes of at least 4 members (excludes halogenated alkanes) is 6. The van der Waals surface area contributed by atoms with Crippen LogP contribution >= 0.6 is 0 Å². The second-order valence-corrected chi connectivity index (χ2v) is 24.8. The number of carboxylic acids is 1. The number of carbonyl (C=O) groups is 3. The number of quaternary nitrogens is 1. The fourth-order valence-corrected chi connectivity index (χ4v) is 8.84. The monoisotopic (exact) mass is 1360 g/mol. The van der Waals surface area contributed by atoms with Crippen LogP contribution in [0.3, 0.4) is 0 Å². The van der Waals surface area contributed by atoms with Crippen molar-refractivity contribution in [3.8, 4) is 0 Å². The highest BCUT2D eigenvalue weighted by Gasteiger charge is 2.22. The molecule has 0 rings (SSSR count). The first-order chi connectivity index (χ1) is 48.6. The molecule has 546 valence electrons. The fourth-order valence-electron chi connectivity index (χ4n) is 8.84. The van der Waals surface area contributed by atoms with Crippen LogP contribution in [-0.4, -0.2) is 82.3 Å². The molecule has 0 amide bonds. The first kappa shape index (κ1) is 91.6. The van der Waals surface area contributed by atoms with Crippen molar-refractivity contribution in [3.05, 3.63) is 267 Å². The van der Waals surface area contributed by atoms with Crippen LogP contribution in [0.15, 0.2) is 267 Å². The normalized spacial score (nSPS) is 14.2. The minimum absolute atomic E-state index is 0.119. The Morgan fingerprint density at radius 2 is 0.545 bits per heavy atom. The van der Waals surface area contributed by atoms with E-state index in [0.717, 1.165) is 180 Å². The molecule has 99 heavy (non-hydrogen) atoms. The number of esters is 2. The van der Waals surface area contributed by atoms with Gasteiger partial charge in [-0.1, -0.05) is 294 Å². The van der Waals surface area contributed by atoms with E-state index in [-0.39, 0.29) is 32.7 Å². The zero-order valence-corrected chi connectivity index (χ0v) is 62.2. The molecule has 0 saturated carbocycles. The standard InChI is InChI=1S/C90H133NO8/c1-6-8-10-12-14-16-18-20-22-24-26-28-30-32-34-36-38-40-41-42-43-44-45-46-47-49-51-53-55-57-59-61-63-65-67-69-71-73-75-77-79-81-88(93)99-86(85-98-90(89(94)95)96-83-82-91(3,4)5)84-97-87(92)80-78-76-74-72-70-68-66-64-62-60-58-56-54-52-50-48-39-37-35-33-31-29-27-25-23-21-19-17-15-13-11-9-7-2/h8-11,14-17,20-23,26-29,32-35,38-40,42-43,45-46,48-49,51-52,54-55,57-58,60-61,63-64,66-67,69-70,72,86,90H,6-7,12-13,18-19,24-25,30-31,36-37,41,44,47,50,53,56,59,62,65,68,71,73-85H2,1-5H3/b10-8-,11-9-,16-14-,17-15-,22-20-,23-21-,28-26-,29-27-,34-32-,35-33-,40-38-,43-42-,46-45-,48-39-,51-49-,54-52-,57-55-,60-58-,63-61-,66-64-,69-67-,72-70-. The molecule has 0 radical (unpaired) electrons. The minimum Gasteiger partial charge on any atom is -0.545 e. The van der Waals surface area contributed by atoms with E-state index < -0.39 is 30.3 Å². The molecule has 2 atom stereocenters. The summed E-state index contributed by atoms with van der Waals surface area (Å²) in [7, 11) is 5.88. The van der Waals surface area contributed by atoms with Crippen LogP contribution in [0.1, 0.15) is 219 Å². The van der Waals surface area contributed by atoms with Crippen molar-refractivity contribution in [2.45, 2.75) is 232 Å². The predicted molar refractivity (Wildman–Crippen MR) is 425 cm³/mol. The van der Waals surface area contributed by atoms with Crippen molar-refractivity contribution < 1.29 is 42.9 Å². The van der Waals surface area contributed by atoms with Gasteiger partial charge in [0.25, 0.3) is 0 Å². The van der Waals surface area contributed by atoms with E-state index in [1.165, 1.54) is 0 Å². The van der Waals surface area contributed by atoms with Crippen LogP contribution in [0.25, 0.3) is 0 Å². The van der Waals surface area contributed by atoms with Gasteiger partial charge >= 0.3 is 11.9 Å². The highest BCUT2D eigenvalue weighted by molar-refractivity contribution is 5.70. The van der Waals surface area contributed by atoms with Crippen LogP contribution in [-0.2, 0) is 33.3 Å². The minimum atomic E-state index is -1.66. The number of likely N-dealkylation sites (N-methyl/N-ethyl adjacent to an activating group) is 1. The van der Waals surface area contributed by atoms with Crippen molar-refractivity contribution in [2.24, 2.45) is 0 Å². The topological polar surface area (TPSA) is 111 Å². The molecule has 0 aliphatic carbocycles. The Kier molecular flexibility index (Phi) is 70.6. The molecule has 0 saturated heterocycles. The highest BCUT2D eigenvalue weighted by atomic mass is 16.7. The summed E-state index contributed by atoms with van der Waals surface area (Å²) in [6, 6.07) is 0.